The average molecular weight is 478 g/mol. The quantitative estimate of drug-likeness (QED) is 0.451. The number of hydrogen-bond acceptors (Lipinski definition) is 5. The van der Waals surface area contributed by atoms with Crippen molar-refractivity contribution in [2.45, 2.75) is 58.6 Å². The Kier molecular flexibility index (Phi) is 6.58. The van der Waals surface area contributed by atoms with Gasteiger partial charge in [-0.05, 0) is 40.2 Å². The van der Waals surface area contributed by atoms with E-state index in [-0.39, 0.29) is 28.1 Å². The molecule has 0 radical (unpaired) electrons. The molecule has 0 saturated heterocycles. The minimum absolute atomic E-state index is 0.0885. The minimum atomic E-state index is -3.86. The van der Waals surface area contributed by atoms with Crippen LogP contribution in [-0.2, 0) is 5.92 Å². The van der Waals surface area contributed by atoms with E-state index in [4.69, 9.17) is 0 Å². The average Bonchev–Trinajstić information content (AvgIpc) is 2.75. The van der Waals surface area contributed by atoms with E-state index in [9.17, 15) is 23.1 Å². The van der Waals surface area contributed by atoms with E-state index < -0.39 is 40.3 Å². The molecule has 6 nitrogen and oxygen atoms in total. The molecule has 2 N–H and O–H groups in total. The highest BCUT2D eigenvalue weighted by molar-refractivity contribution is 5.89. The molecule has 0 bridgehead atoms. The molecule has 1 atom stereocenters. The fourth-order valence-corrected chi connectivity index (χ4v) is 3.52. The van der Waals surface area contributed by atoms with Crippen LogP contribution in [-0.4, -0.2) is 25.2 Å². The van der Waals surface area contributed by atoms with Crippen molar-refractivity contribution in [2.24, 2.45) is 0 Å². The first-order chi connectivity index (χ1) is 15.7. The number of aromatic nitrogens is 3. The van der Waals surface area contributed by atoms with E-state index in [2.05, 4.69) is 21.9 Å². The van der Waals surface area contributed by atoms with Crippen LogP contribution in [0.5, 0.6) is 0 Å². The fraction of sp³-hybridized carbons (Fsp3) is 0.375. The summed E-state index contributed by atoms with van der Waals surface area (Å²) in [5.74, 6) is -5.90. The number of anilines is 1. The van der Waals surface area contributed by atoms with Gasteiger partial charge in [0, 0.05) is 17.5 Å². The summed E-state index contributed by atoms with van der Waals surface area (Å²) in [7, 11) is 0. The lowest BCUT2D eigenvalue weighted by Gasteiger charge is -2.30. The van der Waals surface area contributed by atoms with Crippen molar-refractivity contribution >= 4 is 22.4 Å². The van der Waals surface area contributed by atoms with Gasteiger partial charge >= 0.3 is 5.92 Å². The van der Waals surface area contributed by atoms with Crippen LogP contribution in [0, 0.1) is 18.6 Å². The molecular formula is C24H26F4N4O2. The van der Waals surface area contributed by atoms with Crippen LogP contribution < -0.4 is 10.9 Å². The third-order valence-electron chi connectivity index (χ3n) is 5.63. The Labute approximate surface area is 194 Å². The summed E-state index contributed by atoms with van der Waals surface area (Å²) in [6, 6.07) is 2.60. The molecule has 10 heteroatoms. The smallest absolute Gasteiger partial charge is 0.303 e. The van der Waals surface area contributed by atoms with Crippen LogP contribution in [0.2, 0.25) is 0 Å². The molecule has 3 aromatic rings. The molecule has 0 spiro atoms. The van der Waals surface area contributed by atoms with Gasteiger partial charge in [-0.25, -0.2) is 14.4 Å². The lowest BCUT2D eigenvalue weighted by molar-refractivity contribution is -0.170. The van der Waals surface area contributed by atoms with Crippen molar-refractivity contribution in [1.82, 2.24) is 14.5 Å². The summed E-state index contributed by atoms with van der Waals surface area (Å²) in [6.07, 6.45) is 1.72. The molecule has 0 aliphatic rings. The number of halogens is 4. The zero-order chi connectivity index (χ0) is 25.6. The lowest BCUT2D eigenvalue weighted by Crippen LogP contribution is -2.41. The van der Waals surface area contributed by atoms with Gasteiger partial charge in [0.25, 0.3) is 5.56 Å². The van der Waals surface area contributed by atoms with Gasteiger partial charge in [-0.15, -0.1) is 0 Å². The standard InChI is InChI=1S/C24H26F4N4O2/c1-7-12(2)32-11-16-20(19(26)22(32)33)30-14(4)31-21(16)29-13(3)15-9-8-10-17(18(15)25)24(27,28)23(5,6)34/h8-11,13,34H,2,7H2,1,3-6H3,(H,29,30,31)/t13-/m1/s1. The molecule has 1 aromatic carbocycles. The van der Waals surface area contributed by atoms with Crippen LogP contribution in [0.15, 0.2) is 35.8 Å². The maximum atomic E-state index is 15.2. The molecule has 0 aliphatic carbocycles. The number of hydrogen-bond donors (Lipinski definition) is 2. The highest BCUT2D eigenvalue weighted by atomic mass is 19.3. The zero-order valence-electron chi connectivity index (χ0n) is 19.5. The predicted molar refractivity (Wildman–Crippen MR) is 123 cm³/mol. The summed E-state index contributed by atoms with van der Waals surface area (Å²) in [5.41, 5.74) is -4.35. The van der Waals surface area contributed by atoms with Gasteiger partial charge in [0.05, 0.1) is 17.0 Å². The molecule has 0 unspecified atom stereocenters. The van der Waals surface area contributed by atoms with Crippen molar-refractivity contribution in [3.63, 3.8) is 0 Å². The van der Waals surface area contributed by atoms with Crippen molar-refractivity contribution < 1.29 is 22.7 Å². The normalized spacial score (nSPS) is 13.2. The van der Waals surface area contributed by atoms with Gasteiger partial charge in [0.1, 0.15) is 28.6 Å². The number of allylic oxidation sites excluding steroid dienone is 1. The first-order valence-electron chi connectivity index (χ1n) is 10.6. The minimum Gasteiger partial charge on any atom is -0.384 e. The molecule has 0 fully saturated rings. The first-order valence-corrected chi connectivity index (χ1v) is 10.6. The number of nitrogens with zero attached hydrogens (tertiary/aromatic N) is 3. The Morgan fingerprint density at radius 3 is 2.47 bits per heavy atom. The van der Waals surface area contributed by atoms with Gasteiger partial charge in [0.2, 0.25) is 5.82 Å². The molecule has 3 rings (SSSR count). The molecule has 0 saturated carbocycles. The third kappa shape index (κ3) is 4.29. The van der Waals surface area contributed by atoms with Crippen LogP contribution >= 0.6 is 0 Å². The van der Waals surface area contributed by atoms with Gasteiger partial charge in [0.15, 0.2) is 0 Å². The van der Waals surface area contributed by atoms with E-state index in [1.807, 2.05) is 0 Å². The highest BCUT2D eigenvalue weighted by Crippen LogP contribution is 2.41. The fourth-order valence-electron chi connectivity index (χ4n) is 3.52. The van der Waals surface area contributed by atoms with Crippen LogP contribution in [0.1, 0.15) is 57.1 Å². The first kappa shape index (κ1) is 25.4. The summed E-state index contributed by atoms with van der Waals surface area (Å²) in [6.45, 7) is 10.3. The van der Waals surface area contributed by atoms with Crippen molar-refractivity contribution in [1.29, 1.82) is 0 Å². The second kappa shape index (κ2) is 8.83. The maximum absolute atomic E-state index is 15.2. The highest BCUT2D eigenvalue weighted by Gasteiger charge is 2.49. The predicted octanol–water partition coefficient (Wildman–Crippen LogP) is 5.29. The number of nitrogens with one attached hydrogen (secondary N) is 1. The number of aliphatic hydroxyl groups is 1. The molecule has 2 heterocycles. The summed E-state index contributed by atoms with van der Waals surface area (Å²) in [4.78, 5) is 20.7. The van der Waals surface area contributed by atoms with Gasteiger partial charge in [-0.1, -0.05) is 25.6 Å². The number of benzene rings is 1. The van der Waals surface area contributed by atoms with Crippen molar-refractivity contribution in [3.8, 4) is 0 Å². The van der Waals surface area contributed by atoms with E-state index in [0.29, 0.717) is 12.1 Å². The molecule has 2 aromatic heterocycles. The number of aryl methyl sites for hydroxylation is 1. The lowest BCUT2D eigenvalue weighted by atomic mass is 9.91. The van der Waals surface area contributed by atoms with E-state index in [1.54, 1.807) is 6.92 Å². The van der Waals surface area contributed by atoms with Gasteiger partial charge in [-0.3, -0.25) is 9.36 Å². The number of fused-ring (bicyclic) bond motifs is 1. The van der Waals surface area contributed by atoms with Crippen LogP contribution in [0.4, 0.5) is 23.4 Å². The third-order valence-corrected chi connectivity index (χ3v) is 5.63. The Morgan fingerprint density at radius 1 is 1.24 bits per heavy atom. The van der Waals surface area contributed by atoms with E-state index in [1.165, 1.54) is 32.2 Å². The van der Waals surface area contributed by atoms with Crippen molar-refractivity contribution in [3.05, 3.63) is 69.9 Å². The molecule has 34 heavy (non-hydrogen) atoms. The van der Waals surface area contributed by atoms with Crippen molar-refractivity contribution in [2.75, 3.05) is 5.32 Å². The summed E-state index contributed by atoms with van der Waals surface area (Å²) >= 11 is 0. The Bertz CT molecular complexity index is 1330. The topological polar surface area (TPSA) is 80.0 Å². The molecule has 0 amide bonds. The SMILES string of the molecule is C=C(CC)n1cc2c(N[C@H](C)c3cccc(C(F)(F)C(C)(C)O)c3F)nc(C)nc2c(F)c1=O. The maximum Gasteiger partial charge on any atom is 0.303 e. The molecule has 182 valence electrons. The number of pyridine rings is 1. The summed E-state index contributed by atoms with van der Waals surface area (Å²) < 4.78 is 60.5. The van der Waals surface area contributed by atoms with Crippen LogP contribution in [0.25, 0.3) is 16.6 Å². The monoisotopic (exact) mass is 478 g/mol. The Hall–Kier alpha value is -3.27. The second-order valence-electron chi connectivity index (χ2n) is 8.63. The Balaban J connectivity index is 2.14. The molecule has 0 aliphatic heterocycles. The van der Waals surface area contributed by atoms with E-state index >= 15 is 4.39 Å². The largest absolute Gasteiger partial charge is 0.384 e. The Morgan fingerprint density at radius 2 is 1.88 bits per heavy atom. The van der Waals surface area contributed by atoms with E-state index in [0.717, 1.165) is 24.5 Å². The van der Waals surface area contributed by atoms with Crippen LogP contribution in [0.3, 0.4) is 0 Å². The number of rotatable bonds is 7. The molecular weight excluding hydrogens is 452 g/mol. The number of alkyl halides is 2. The second-order valence-corrected chi connectivity index (χ2v) is 8.63. The zero-order valence-corrected chi connectivity index (χ0v) is 19.5. The van der Waals surface area contributed by atoms with Gasteiger partial charge in [-0.2, -0.15) is 13.2 Å². The summed E-state index contributed by atoms with van der Waals surface area (Å²) in [5, 5.41) is 12.9. The van der Waals surface area contributed by atoms with Gasteiger partial charge < -0.3 is 10.4 Å².